The standard InChI is InChI=1S/C13H19N3O4S/c1-15(9-10-4-2-3-5-10)21(19,20)13-7-6-11(16(17)18)8-12(13)14/h6-8,10H,2-5,9,14H2,1H3. The number of non-ortho nitro benzene ring substituents is 1. The van der Waals surface area contributed by atoms with Crippen LogP contribution in [0.25, 0.3) is 0 Å². The van der Waals surface area contributed by atoms with Crippen LogP contribution in [0.2, 0.25) is 0 Å². The molecule has 2 rings (SSSR count). The molecule has 1 aliphatic rings. The Kier molecular flexibility index (Phi) is 4.48. The van der Waals surface area contributed by atoms with Gasteiger partial charge in [0.2, 0.25) is 10.0 Å². The molecule has 0 atom stereocenters. The molecule has 0 aliphatic heterocycles. The van der Waals surface area contributed by atoms with Crippen molar-refractivity contribution < 1.29 is 13.3 Å². The van der Waals surface area contributed by atoms with E-state index in [0.717, 1.165) is 37.8 Å². The summed E-state index contributed by atoms with van der Waals surface area (Å²) in [4.78, 5) is 9.99. The first-order valence-corrected chi connectivity index (χ1v) is 8.26. The predicted molar refractivity (Wildman–Crippen MR) is 79.3 cm³/mol. The van der Waals surface area contributed by atoms with Crippen molar-refractivity contribution in [3.8, 4) is 0 Å². The lowest BCUT2D eigenvalue weighted by Gasteiger charge is -2.21. The van der Waals surface area contributed by atoms with E-state index in [9.17, 15) is 18.5 Å². The van der Waals surface area contributed by atoms with Crippen molar-refractivity contribution in [3.05, 3.63) is 28.3 Å². The molecule has 0 saturated heterocycles. The maximum Gasteiger partial charge on any atom is 0.271 e. The third-order valence-corrected chi connectivity index (χ3v) is 5.78. The van der Waals surface area contributed by atoms with E-state index >= 15 is 0 Å². The minimum absolute atomic E-state index is 0.0754. The molecule has 1 aromatic carbocycles. The number of hydrogen-bond donors (Lipinski definition) is 1. The first kappa shape index (κ1) is 15.7. The molecule has 0 amide bonds. The Bertz CT molecular complexity index is 639. The molecule has 8 heteroatoms. The SMILES string of the molecule is CN(CC1CCCC1)S(=O)(=O)c1ccc([N+](=O)[O-])cc1N. The van der Waals surface area contributed by atoms with Gasteiger partial charge in [-0.1, -0.05) is 12.8 Å². The topological polar surface area (TPSA) is 107 Å². The van der Waals surface area contributed by atoms with Crippen LogP contribution in [0.3, 0.4) is 0 Å². The molecule has 0 radical (unpaired) electrons. The minimum atomic E-state index is -3.71. The number of nitrogens with zero attached hydrogens (tertiary/aromatic N) is 2. The van der Waals surface area contributed by atoms with Crippen molar-refractivity contribution in [2.45, 2.75) is 30.6 Å². The lowest BCUT2D eigenvalue weighted by molar-refractivity contribution is -0.384. The smallest absolute Gasteiger partial charge is 0.271 e. The number of benzene rings is 1. The van der Waals surface area contributed by atoms with E-state index in [0.29, 0.717) is 12.5 Å². The summed E-state index contributed by atoms with van der Waals surface area (Å²) < 4.78 is 26.3. The monoisotopic (exact) mass is 313 g/mol. The van der Waals surface area contributed by atoms with Crippen LogP contribution < -0.4 is 5.73 Å². The fourth-order valence-corrected chi connectivity index (χ4v) is 4.05. The maximum absolute atomic E-state index is 12.5. The van der Waals surface area contributed by atoms with Crippen LogP contribution in [-0.4, -0.2) is 31.2 Å². The second kappa shape index (κ2) is 5.98. The zero-order valence-corrected chi connectivity index (χ0v) is 12.7. The minimum Gasteiger partial charge on any atom is -0.397 e. The van der Waals surface area contributed by atoms with Gasteiger partial charge in [-0.25, -0.2) is 12.7 Å². The van der Waals surface area contributed by atoms with Crippen molar-refractivity contribution in [2.24, 2.45) is 5.92 Å². The van der Waals surface area contributed by atoms with Crippen molar-refractivity contribution >= 4 is 21.4 Å². The molecule has 0 spiro atoms. The zero-order valence-electron chi connectivity index (χ0n) is 11.9. The van der Waals surface area contributed by atoms with Crippen LogP contribution in [0.5, 0.6) is 0 Å². The van der Waals surface area contributed by atoms with Crippen LogP contribution in [-0.2, 0) is 10.0 Å². The number of nitrogens with two attached hydrogens (primary N) is 1. The third kappa shape index (κ3) is 3.33. The number of nitrogen functional groups attached to an aromatic ring is 1. The highest BCUT2D eigenvalue weighted by molar-refractivity contribution is 7.89. The van der Waals surface area contributed by atoms with E-state index in [-0.39, 0.29) is 16.3 Å². The summed E-state index contributed by atoms with van der Waals surface area (Å²) in [5, 5.41) is 10.7. The Labute approximate surface area is 123 Å². The van der Waals surface area contributed by atoms with Gasteiger partial charge in [0, 0.05) is 25.7 Å². The molecule has 21 heavy (non-hydrogen) atoms. The van der Waals surface area contributed by atoms with E-state index in [1.54, 1.807) is 0 Å². The Morgan fingerprint density at radius 3 is 2.52 bits per heavy atom. The highest BCUT2D eigenvalue weighted by Gasteiger charge is 2.27. The zero-order chi connectivity index (χ0) is 15.6. The molecule has 0 heterocycles. The number of rotatable bonds is 5. The van der Waals surface area contributed by atoms with Gasteiger partial charge in [0.05, 0.1) is 10.6 Å². The predicted octanol–water partition coefficient (Wildman–Crippen LogP) is 1.99. The van der Waals surface area contributed by atoms with E-state index in [4.69, 9.17) is 5.73 Å². The van der Waals surface area contributed by atoms with Crippen LogP contribution in [0.4, 0.5) is 11.4 Å². The van der Waals surface area contributed by atoms with Crippen molar-refractivity contribution in [1.82, 2.24) is 4.31 Å². The molecule has 1 saturated carbocycles. The van der Waals surface area contributed by atoms with Crippen LogP contribution >= 0.6 is 0 Å². The van der Waals surface area contributed by atoms with E-state index < -0.39 is 14.9 Å². The number of nitro groups is 1. The Morgan fingerprint density at radius 2 is 2.00 bits per heavy atom. The lowest BCUT2D eigenvalue weighted by Crippen LogP contribution is -2.31. The molecule has 7 nitrogen and oxygen atoms in total. The second-order valence-electron chi connectivity index (χ2n) is 5.42. The number of nitro benzene ring substituents is 1. The van der Waals surface area contributed by atoms with Crippen LogP contribution in [0.15, 0.2) is 23.1 Å². The summed E-state index contributed by atoms with van der Waals surface area (Å²) in [6, 6.07) is 3.44. The normalized spacial score (nSPS) is 16.5. The first-order chi connectivity index (χ1) is 9.82. The van der Waals surface area contributed by atoms with Gasteiger partial charge < -0.3 is 5.73 Å². The molecule has 1 aromatic rings. The Morgan fingerprint density at radius 1 is 1.38 bits per heavy atom. The molecule has 1 fully saturated rings. The number of hydrogen-bond acceptors (Lipinski definition) is 5. The molecule has 116 valence electrons. The highest BCUT2D eigenvalue weighted by Crippen LogP contribution is 2.29. The summed E-state index contributed by atoms with van der Waals surface area (Å²) in [5.74, 6) is 0.379. The van der Waals surface area contributed by atoms with Gasteiger partial charge in [0.1, 0.15) is 4.90 Å². The molecule has 0 aromatic heterocycles. The lowest BCUT2D eigenvalue weighted by atomic mass is 10.1. The fourth-order valence-electron chi connectivity index (χ4n) is 2.71. The van der Waals surface area contributed by atoms with E-state index in [1.165, 1.54) is 17.4 Å². The quantitative estimate of drug-likeness (QED) is 0.508. The summed E-state index contributed by atoms with van der Waals surface area (Å²) in [6.45, 7) is 0.457. The average Bonchev–Trinajstić information content (AvgIpc) is 2.90. The van der Waals surface area contributed by atoms with E-state index in [2.05, 4.69) is 0 Å². The fraction of sp³-hybridized carbons (Fsp3) is 0.538. The third-order valence-electron chi connectivity index (χ3n) is 3.88. The van der Waals surface area contributed by atoms with Crippen LogP contribution in [0.1, 0.15) is 25.7 Å². The summed E-state index contributed by atoms with van der Waals surface area (Å²) in [5.41, 5.74) is 5.37. The number of sulfonamides is 1. The van der Waals surface area contributed by atoms with Gasteiger partial charge in [0.15, 0.2) is 0 Å². The molecule has 0 unspecified atom stereocenters. The van der Waals surface area contributed by atoms with Gasteiger partial charge in [-0.2, -0.15) is 0 Å². The number of anilines is 1. The van der Waals surface area contributed by atoms with Crippen molar-refractivity contribution in [1.29, 1.82) is 0 Å². The Balaban J connectivity index is 2.23. The van der Waals surface area contributed by atoms with Gasteiger partial charge >= 0.3 is 0 Å². The van der Waals surface area contributed by atoms with Gasteiger partial charge in [-0.15, -0.1) is 0 Å². The van der Waals surface area contributed by atoms with Gasteiger partial charge in [-0.05, 0) is 24.8 Å². The van der Waals surface area contributed by atoms with Crippen molar-refractivity contribution in [3.63, 3.8) is 0 Å². The van der Waals surface area contributed by atoms with Gasteiger partial charge in [0.25, 0.3) is 5.69 Å². The van der Waals surface area contributed by atoms with Crippen LogP contribution in [0, 0.1) is 16.0 Å². The van der Waals surface area contributed by atoms with Gasteiger partial charge in [-0.3, -0.25) is 10.1 Å². The molecule has 0 bridgehead atoms. The Hall–Kier alpha value is -1.67. The maximum atomic E-state index is 12.5. The largest absolute Gasteiger partial charge is 0.397 e. The molecule has 2 N–H and O–H groups in total. The summed E-state index contributed by atoms with van der Waals surface area (Å²) in [6.07, 6.45) is 4.35. The molecular weight excluding hydrogens is 294 g/mol. The summed E-state index contributed by atoms with van der Waals surface area (Å²) >= 11 is 0. The van der Waals surface area contributed by atoms with Crippen molar-refractivity contribution in [2.75, 3.05) is 19.3 Å². The second-order valence-corrected chi connectivity index (χ2v) is 7.43. The molecule has 1 aliphatic carbocycles. The molecular formula is C13H19N3O4S. The first-order valence-electron chi connectivity index (χ1n) is 6.82. The highest BCUT2D eigenvalue weighted by atomic mass is 32.2. The van der Waals surface area contributed by atoms with E-state index in [1.807, 2.05) is 0 Å². The summed E-state index contributed by atoms with van der Waals surface area (Å²) in [7, 11) is -2.19. The average molecular weight is 313 g/mol.